The van der Waals surface area contributed by atoms with Gasteiger partial charge < -0.3 is 5.11 Å². The van der Waals surface area contributed by atoms with Crippen molar-refractivity contribution in [3.05, 3.63) is 11.6 Å². The lowest BCUT2D eigenvalue weighted by molar-refractivity contribution is -0.119. The lowest BCUT2D eigenvalue weighted by atomic mass is 9.46. The van der Waals surface area contributed by atoms with Gasteiger partial charge in [0.1, 0.15) is 0 Å². The Morgan fingerprint density at radius 3 is 2.68 bits per heavy atom. The maximum Gasteiger partial charge on any atom is 0.155 e. The SMILES string of the molecule is C[C@H]1CCC2C3C[C@@H](O)C4=CC(=O)CC[C@]4(C)C3CC[C@@]21C. The number of carbonyl (C=O) groups excluding carboxylic acids is 1. The first-order valence-corrected chi connectivity index (χ1v) is 9.29. The summed E-state index contributed by atoms with van der Waals surface area (Å²) in [4.78, 5) is 11.9. The van der Waals surface area contributed by atoms with Crippen LogP contribution >= 0.6 is 0 Å². The summed E-state index contributed by atoms with van der Waals surface area (Å²) in [6, 6.07) is 0. The van der Waals surface area contributed by atoms with Crippen LogP contribution in [0.25, 0.3) is 0 Å². The van der Waals surface area contributed by atoms with E-state index >= 15 is 0 Å². The van der Waals surface area contributed by atoms with Gasteiger partial charge in [0, 0.05) is 6.42 Å². The van der Waals surface area contributed by atoms with Gasteiger partial charge in [-0.1, -0.05) is 20.8 Å². The fraction of sp³-hybridized carbons (Fsp3) is 0.850. The molecule has 4 aliphatic carbocycles. The maximum absolute atomic E-state index is 11.9. The molecule has 122 valence electrons. The Bertz CT molecular complexity index is 536. The highest BCUT2D eigenvalue weighted by Crippen LogP contribution is 2.66. The Labute approximate surface area is 134 Å². The molecule has 22 heavy (non-hydrogen) atoms. The van der Waals surface area contributed by atoms with Crippen molar-refractivity contribution in [2.45, 2.75) is 71.8 Å². The molecule has 3 fully saturated rings. The van der Waals surface area contributed by atoms with Crippen molar-refractivity contribution in [2.75, 3.05) is 0 Å². The molecular formula is C20H30O2. The first kappa shape index (κ1) is 14.9. The number of aliphatic hydroxyl groups excluding tert-OH is 1. The Balaban J connectivity index is 1.73. The zero-order valence-electron chi connectivity index (χ0n) is 14.3. The molecule has 7 atom stereocenters. The molecule has 0 spiro atoms. The van der Waals surface area contributed by atoms with E-state index in [4.69, 9.17) is 0 Å². The number of hydrogen-bond donors (Lipinski definition) is 1. The molecule has 4 rings (SSSR count). The number of rotatable bonds is 0. The summed E-state index contributed by atoms with van der Waals surface area (Å²) in [5, 5.41) is 10.8. The monoisotopic (exact) mass is 302 g/mol. The number of aliphatic hydroxyl groups is 1. The molecular weight excluding hydrogens is 272 g/mol. The predicted octanol–water partition coefficient (Wildman–Crippen LogP) is 4.13. The summed E-state index contributed by atoms with van der Waals surface area (Å²) < 4.78 is 0. The second-order valence-electron chi connectivity index (χ2n) is 9.13. The molecule has 0 saturated heterocycles. The fourth-order valence-electron chi connectivity index (χ4n) is 6.87. The van der Waals surface area contributed by atoms with Gasteiger partial charge in [0.15, 0.2) is 5.78 Å². The topological polar surface area (TPSA) is 37.3 Å². The lowest BCUT2D eigenvalue weighted by Gasteiger charge is -2.59. The van der Waals surface area contributed by atoms with E-state index in [0.29, 0.717) is 23.7 Å². The van der Waals surface area contributed by atoms with Crippen LogP contribution in [-0.2, 0) is 4.79 Å². The second kappa shape index (κ2) is 4.69. The summed E-state index contributed by atoms with van der Waals surface area (Å²) in [7, 11) is 0. The van der Waals surface area contributed by atoms with E-state index in [-0.39, 0.29) is 17.3 Å². The van der Waals surface area contributed by atoms with Crippen LogP contribution in [0.1, 0.15) is 65.7 Å². The van der Waals surface area contributed by atoms with Crippen LogP contribution in [0.3, 0.4) is 0 Å². The normalized spacial score (nSPS) is 54.3. The average molecular weight is 302 g/mol. The summed E-state index contributed by atoms with van der Waals surface area (Å²) in [6.07, 6.45) is 9.28. The van der Waals surface area contributed by atoms with E-state index in [0.717, 1.165) is 30.3 Å². The first-order valence-electron chi connectivity index (χ1n) is 9.29. The second-order valence-corrected chi connectivity index (χ2v) is 9.13. The summed E-state index contributed by atoms with van der Waals surface area (Å²) in [6.45, 7) is 7.29. The predicted molar refractivity (Wildman–Crippen MR) is 87.3 cm³/mol. The number of carbonyl (C=O) groups is 1. The Morgan fingerprint density at radius 2 is 1.91 bits per heavy atom. The average Bonchev–Trinajstić information content (AvgIpc) is 2.77. The van der Waals surface area contributed by atoms with E-state index in [1.54, 1.807) is 6.08 Å². The molecule has 0 aromatic rings. The van der Waals surface area contributed by atoms with Gasteiger partial charge in [0.25, 0.3) is 0 Å². The maximum atomic E-state index is 11.9. The molecule has 0 amide bonds. The van der Waals surface area contributed by atoms with E-state index < -0.39 is 0 Å². The largest absolute Gasteiger partial charge is 0.389 e. The zero-order chi connectivity index (χ0) is 15.7. The summed E-state index contributed by atoms with van der Waals surface area (Å²) in [5.74, 6) is 3.17. The third-order valence-corrected chi connectivity index (χ3v) is 8.45. The van der Waals surface area contributed by atoms with Gasteiger partial charge in [-0.3, -0.25) is 4.79 Å². The third-order valence-electron chi connectivity index (χ3n) is 8.45. The Hall–Kier alpha value is -0.630. The van der Waals surface area contributed by atoms with Crippen molar-refractivity contribution in [1.29, 1.82) is 0 Å². The standard InChI is InChI=1S/C20H30O2/c1-12-4-5-15-14-11-18(22)17-10-13(21)6-8-20(17,3)16(14)7-9-19(12,15)2/h10,12,14-16,18,22H,4-9,11H2,1-3H3/t12-,14?,15?,16?,18+,19+,20+/m0/s1. The fourth-order valence-corrected chi connectivity index (χ4v) is 6.87. The van der Waals surface area contributed by atoms with Crippen LogP contribution in [0.2, 0.25) is 0 Å². The Morgan fingerprint density at radius 1 is 1.14 bits per heavy atom. The van der Waals surface area contributed by atoms with Crippen LogP contribution in [0.5, 0.6) is 0 Å². The Kier molecular flexibility index (Phi) is 3.18. The molecule has 2 heteroatoms. The van der Waals surface area contributed by atoms with E-state index in [9.17, 15) is 9.90 Å². The first-order chi connectivity index (χ1) is 10.4. The third kappa shape index (κ3) is 1.79. The van der Waals surface area contributed by atoms with E-state index in [2.05, 4.69) is 20.8 Å². The van der Waals surface area contributed by atoms with Crippen molar-refractivity contribution < 1.29 is 9.90 Å². The molecule has 0 aromatic carbocycles. The van der Waals surface area contributed by atoms with E-state index in [1.165, 1.54) is 25.7 Å². The van der Waals surface area contributed by atoms with Gasteiger partial charge >= 0.3 is 0 Å². The highest BCUT2D eigenvalue weighted by atomic mass is 16.3. The highest BCUT2D eigenvalue weighted by molar-refractivity contribution is 5.91. The van der Waals surface area contributed by atoms with Gasteiger partial charge in [-0.15, -0.1) is 0 Å². The van der Waals surface area contributed by atoms with E-state index in [1.807, 2.05) is 0 Å². The highest BCUT2D eigenvalue weighted by Gasteiger charge is 2.59. The van der Waals surface area contributed by atoms with Crippen LogP contribution < -0.4 is 0 Å². The number of hydrogen-bond acceptors (Lipinski definition) is 2. The molecule has 0 radical (unpaired) electrons. The molecule has 4 aliphatic rings. The van der Waals surface area contributed by atoms with Gasteiger partial charge in [-0.2, -0.15) is 0 Å². The van der Waals surface area contributed by atoms with Crippen LogP contribution in [0.15, 0.2) is 11.6 Å². The minimum Gasteiger partial charge on any atom is -0.389 e. The molecule has 2 nitrogen and oxygen atoms in total. The van der Waals surface area contributed by atoms with Gasteiger partial charge in [0.2, 0.25) is 0 Å². The summed E-state index contributed by atoms with van der Waals surface area (Å²) in [5.41, 5.74) is 1.63. The molecule has 3 saturated carbocycles. The quantitative estimate of drug-likeness (QED) is 0.730. The van der Waals surface area contributed by atoms with Crippen molar-refractivity contribution >= 4 is 5.78 Å². The van der Waals surface area contributed by atoms with Crippen LogP contribution in [0, 0.1) is 34.5 Å². The number of ketones is 1. The van der Waals surface area contributed by atoms with Crippen LogP contribution in [-0.4, -0.2) is 17.0 Å². The molecule has 1 N–H and O–H groups in total. The zero-order valence-corrected chi connectivity index (χ0v) is 14.3. The number of fused-ring (bicyclic) bond motifs is 5. The molecule has 0 bridgehead atoms. The van der Waals surface area contributed by atoms with Crippen molar-refractivity contribution in [2.24, 2.45) is 34.5 Å². The van der Waals surface area contributed by atoms with Crippen molar-refractivity contribution in [3.63, 3.8) is 0 Å². The van der Waals surface area contributed by atoms with Crippen LogP contribution in [0.4, 0.5) is 0 Å². The summed E-state index contributed by atoms with van der Waals surface area (Å²) >= 11 is 0. The van der Waals surface area contributed by atoms with Gasteiger partial charge in [0.05, 0.1) is 6.10 Å². The van der Waals surface area contributed by atoms with Gasteiger partial charge in [-0.05, 0) is 84.7 Å². The smallest absolute Gasteiger partial charge is 0.155 e. The molecule has 0 aromatic heterocycles. The van der Waals surface area contributed by atoms with Crippen molar-refractivity contribution in [3.8, 4) is 0 Å². The van der Waals surface area contributed by atoms with Gasteiger partial charge in [-0.25, -0.2) is 0 Å². The minimum absolute atomic E-state index is 0.0728. The lowest BCUT2D eigenvalue weighted by Crippen LogP contribution is -2.53. The molecule has 0 heterocycles. The van der Waals surface area contributed by atoms with Crippen molar-refractivity contribution in [1.82, 2.24) is 0 Å². The minimum atomic E-state index is -0.381. The molecule has 0 aliphatic heterocycles. The molecule has 3 unspecified atom stereocenters.